The van der Waals surface area contributed by atoms with Gasteiger partial charge in [-0.3, -0.25) is 19.1 Å². The van der Waals surface area contributed by atoms with Gasteiger partial charge in [-0.15, -0.1) is 0 Å². The molecule has 1 fully saturated rings. The largest absolute Gasteiger partial charge is 0.326 e. The molecule has 0 spiro atoms. The molecule has 39 heavy (non-hydrogen) atoms. The van der Waals surface area contributed by atoms with E-state index in [1.807, 2.05) is 0 Å². The molecule has 1 N–H and O–H groups in total. The fourth-order valence-corrected chi connectivity index (χ4v) is 5.96. The number of rotatable bonds is 5. The summed E-state index contributed by atoms with van der Waals surface area (Å²) in [5, 5.41) is -0.191. The lowest BCUT2D eigenvalue weighted by atomic mass is 10.0. The average molecular weight is 576 g/mol. The predicted octanol–water partition coefficient (Wildman–Crippen LogP) is 4.95. The summed E-state index contributed by atoms with van der Waals surface area (Å²) in [6, 6.07) is 6.29. The highest BCUT2D eigenvalue weighted by Gasteiger charge is 2.43. The first kappa shape index (κ1) is 26.9. The number of halogens is 4. The van der Waals surface area contributed by atoms with Crippen LogP contribution in [0.1, 0.15) is 40.6 Å². The molecule has 2 atom stereocenters. The lowest BCUT2D eigenvalue weighted by molar-refractivity contribution is 0.569. The van der Waals surface area contributed by atoms with Crippen LogP contribution in [-0.2, 0) is 9.84 Å². The van der Waals surface area contributed by atoms with Gasteiger partial charge < -0.3 is 4.98 Å². The van der Waals surface area contributed by atoms with E-state index in [0.717, 1.165) is 29.2 Å². The van der Waals surface area contributed by atoms with Crippen LogP contribution in [0.3, 0.4) is 0 Å². The highest BCUT2D eigenvalue weighted by Crippen LogP contribution is 2.55. The molecular weight excluding hydrogens is 555 g/mol. The van der Waals surface area contributed by atoms with Gasteiger partial charge in [-0.25, -0.2) is 21.6 Å². The number of aromatic amines is 1. The Bertz CT molecular complexity index is 1900. The predicted molar refractivity (Wildman–Crippen MR) is 140 cm³/mol. The maximum atomic E-state index is 16.0. The summed E-state index contributed by atoms with van der Waals surface area (Å²) in [6.07, 6.45) is 3.52. The third kappa shape index (κ3) is 4.59. The van der Waals surface area contributed by atoms with Crippen molar-refractivity contribution >= 4 is 21.4 Å². The van der Waals surface area contributed by atoms with E-state index in [-0.39, 0.29) is 39.2 Å². The number of pyridine rings is 3. The number of aromatic nitrogens is 3. The number of nitrogens with zero attached hydrogens (tertiary/aromatic N) is 2. The van der Waals surface area contributed by atoms with Crippen LogP contribution < -0.4 is 11.1 Å². The SMILES string of the molecule is Cc1cnc(-c2cccc(S(C)(=O)=O)c2F)c(F)c1-n1c(C)cc([C@H]2C[C@@H]2c2cc(F)c[nH]c2=O)c(Cl)c1=O. The number of benzene rings is 1. The second-order valence-corrected chi connectivity index (χ2v) is 12.0. The summed E-state index contributed by atoms with van der Waals surface area (Å²) < 4.78 is 69.8. The van der Waals surface area contributed by atoms with Crippen molar-refractivity contribution in [2.24, 2.45) is 0 Å². The molecule has 3 heterocycles. The molecule has 0 radical (unpaired) electrons. The van der Waals surface area contributed by atoms with Crippen LogP contribution in [0.4, 0.5) is 13.2 Å². The fourth-order valence-electron chi connectivity index (χ4n) is 4.92. The Balaban J connectivity index is 1.63. The molecule has 1 saturated carbocycles. The van der Waals surface area contributed by atoms with Crippen molar-refractivity contribution in [3.8, 4) is 16.9 Å². The molecule has 4 aromatic rings. The van der Waals surface area contributed by atoms with Crippen LogP contribution in [-0.4, -0.2) is 29.2 Å². The molecule has 202 valence electrons. The lowest BCUT2D eigenvalue weighted by Crippen LogP contribution is -2.24. The van der Waals surface area contributed by atoms with Crippen molar-refractivity contribution < 1.29 is 21.6 Å². The van der Waals surface area contributed by atoms with Crippen molar-refractivity contribution in [1.82, 2.24) is 14.5 Å². The van der Waals surface area contributed by atoms with Gasteiger partial charge in [0.05, 0.1) is 5.69 Å². The molecule has 1 aliphatic rings. The summed E-state index contributed by atoms with van der Waals surface area (Å²) in [4.78, 5) is 31.4. The third-order valence-corrected chi connectivity index (χ3v) is 8.36. The highest BCUT2D eigenvalue weighted by atomic mass is 35.5. The van der Waals surface area contributed by atoms with Gasteiger partial charge in [0.25, 0.3) is 11.1 Å². The minimum absolute atomic E-state index is 0.191. The van der Waals surface area contributed by atoms with Crippen molar-refractivity contribution in [3.05, 3.63) is 108 Å². The molecular formula is C27H21ClF3N3O4S. The second kappa shape index (κ2) is 9.49. The number of hydrogen-bond acceptors (Lipinski definition) is 5. The monoisotopic (exact) mass is 575 g/mol. The maximum absolute atomic E-state index is 16.0. The third-order valence-electron chi connectivity index (χ3n) is 6.87. The van der Waals surface area contributed by atoms with E-state index in [1.54, 1.807) is 13.0 Å². The Hall–Kier alpha value is -3.70. The van der Waals surface area contributed by atoms with Crippen molar-refractivity contribution in [2.75, 3.05) is 6.26 Å². The first-order valence-electron chi connectivity index (χ1n) is 11.8. The number of hydrogen-bond donors (Lipinski definition) is 1. The number of H-pyrrole nitrogens is 1. The van der Waals surface area contributed by atoms with Gasteiger partial charge in [0.1, 0.15) is 21.4 Å². The van der Waals surface area contributed by atoms with E-state index < -0.39 is 49.0 Å². The fraction of sp³-hybridized carbons (Fsp3) is 0.222. The van der Waals surface area contributed by atoms with E-state index in [9.17, 15) is 22.4 Å². The number of aryl methyl sites for hydroxylation is 2. The van der Waals surface area contributed by atoms with E-state index in [0.29, 0.717) is 17.7 Å². The smallest absolute Gasteiger partial charge is 0.274 e. The van der Waals surface area contributed by atoms with Crippen molar-refractivity contribution in [3.63, 3.8) is 0 Å². The van der Waals surface area contributed by atoms with Gasteiger partial charge >= 0.3 is 0 Å². The van der Waals surface area contributed by atoms with Crippen LogP contribution in [0.5, 0.6) is 0 Å². The Labute approximate surface area is 225 Å². The normalized spacial score (nSPS) is 16.9. The Morgan fingerprint density at radius 1 is 1.05 bits per heavy atom. The summed E-state index contributed by atoms with van der Waals surface area (Å²) in [5.41, 5.74) is -0.990. The standard InChI is InChI=1S/C27H21ClF3N3O4S/c1-12-10-32-24(15-5-4-6-20(22(15)30)39(3,37)38)23(31)25(12)34-13(2)7-18(21(28)27(34)36)16-9-17(16)19-8-14(29)11-33-26(19)35/h4-8,10-11,16-17H,9H2,1-3H3,(H,33,35)/t16-,17-/m0/s1. The maximum Gasteiger partial charge on any atom is 0.274 e. The first-order chi connectivity index (χ1) is 18.3. The van der Waals surface area contributed by atoms with Crippen LogP contribution in [0.2, 0.25) is 5.02 Å². The molecule has 1 aromatic carbocycles. The highest BCUT2D eigenvalue weighted by molar-refractivity contribution is 7.90. The topological polar surface area (TPSA) is 102 Å². The molecule has 0 aliphatic heterocycles. The van der Waals surface area contributed by atoms with Gasteiger partial charge in [0.2, 0.25) is 0 Å². The van der Waals surface area contributed by atoms with E-state index >= 15 is 8.78 Å². The minimum Gasteiger partial charge on any atom is -0.326 e. The molecule has 0 amide bonds. The molecule has 12 heteroatoms. The Kier molecular flexibility index (Phi) is 6.54. The second-order valence-electron chi connectivity index (χ2n) is 9.59. The molecule has 5 rings (SSSR count). The lowest BCUT2D eigenvalue weighted by Gasteiger charge is -2.18. The van der Waals surface area contributed by atoms with Gasteiger partial charge in [-0.2, -0.15) is 0 Å². The van der Waals surface area contributed by atoms with Crippen LogP contribution in [0.15, 0.2) is 57.2 Å². The van der Waals surface area contributed by atoms with Crippen LogP contribution in [0, 0.1) is 31.3 Å². The van der Waals surface area contributed by atoms with E-state index in [4.69, 9.17) is 11.6 Å². The zero-order chi connectivity index (χ0) is 28.4. The summed E-state index contributed by atoms with van der Waals surface area (Å²) in [7, 11) is -3.94. The summed E-state index contributed by atoms with van der Waals surface area (Å²) >= 11 is 6.48. The van der Waals surface area contributed by atoms with Gasteiger partial charge in [-0.05, 0) is 67.5 Å². The molecule has 7 nitrogen and oxygen atoms in total. The quantitative estimate of drug-likeness (QED) is 0.363. The Morgan fingerprint density at radius 2 is 1.74 bits per heavy atom. The van der Waals surface area contributed by atoms with E-state index in [2.05, 4.69) is 9.97 Å². The molecule has 1 aliphatic carbocycles. The van der Waals surface area contributed by atoms with Gasteiger partial charge in [-0.1, -0.05) is 17.7 Å². The minimum atomic E-state index is -3.94. The summed E-state index contributed by atoms with van der Waals surface area (Å²) in [6.45, 7) is 3.08. The molecule has 0 saturated heterocycles. The zero-order valence-electron chi connectivity index (χ0n) is 20.9. The van der Waals surface area contributed by atoms with Gasteiger partial charge in [0, 0.05) is 35.5 Å². The van der Waals surface area contributed by atoms with Crippen molar-refractivity contribution in [2.45, 2.75) is 37.0 Å². The first-order valence-corrected chi connectivity index (χ1v) is 14.0. The van der Waals surface area contributed by atoms with E-state index in [1.165, 1.54) is 25.3 Å². The Morgan fingerprint density at radius 3 is 2.44 bits per heavy atom. The molecule has 0 unspecified atom stereocenters. The van der Waals surface area contributed by atoms with Crippen molar-refractivity contribution in [1.29, 1.82) is 0 Å². The number of sulfone groups is 1. The van der Waals surface area contributed by atoms with Gasteiger partial charge in [0.15, 0.2) is 21.5 Å². The molecule has 0 bridgehead atoms. The molecule has 3 aromatic heterocycles. The van der Waals surface area contributed by atoms with Crippen LogP contribution >= 0.6 is 11.6 Å². The average Bonchev–Trinajstić information content (AvgIpc) is 3.65. The number of nitrogens with one attached hydrogen (secondary N) is 1. The zero-order valence-corrected chi connectivity index (χ0v) is 22.4. The summed E-state index contributed by atoms with van der Waals surface area (Å²) in [5.74, 6) is -3.44. The van der Waals surface area contributed by atoms with Crippen LogP contribution in [0.25, 0.3) is 16.9 Å².